The number of aromatic nitrogens is 2. The number of furan rings is 1. The Morgan fingerprint density at radius 3 is 2.96 bits per heavy atom. The molecule has 0 aliphatic rings. The molecule has 0 fully saturated rings. The summed E-state index contributed by atoms with van der Waals surface area (Å²) in [6.45, 7) is 0. The van der Waals surface area contributed by atoms with Gasteiger partial charge in [0.15, 0.2) is 12.0 Å². The van der Waals surface area contributed by atoms with E-state index in [2.05, 4.69) is 21.4 Å². The van der Waals surface area contributed by atoms with Gasteiger partial charge in [-0.15, -0.1) is 11.3 Å². The molecule has 5 rings (SSSR count). The van der Waals surface area contributed by atoms with E-state index >= 15 is 0 Å². The largest absolute Gasteiger partial charge is 0.452 e. The van der Waals surface area contributed by atoms with Crippen molar-refractivity contribution >= 4 is 50.1 Å². The van der Waals surface area contributed by atoms with Crippen molar-refractivity contribution in [1.82, 2.24) is 9.97 Å². The Morgan fingerprint density at radius 2 is 2.14 bits per heavy atom. The number of hydrogen-bond donors (Lipinski definition) is 2. The zero-order valence-electron chi connectivity index (χ0n) is 14.4. The molecular weight excluding hydrogens is 372 g/mol. The van der Waals surface area contributed by atoms with E-state index in [9.17, 15) is 10.1 Å². The summed E-state index contributed by atoms with van der Waals surface area (Å²) in [5.41, 5.74) is 3.09. The first-order chi connectivity index (χ1) is 13.7. The summed E-state index contributed by atoms with van der Waals surface area (Å²) in [4.78, 5) is 20.1. The molecule has 5 aromatic rings. The van der Waals surface area contributed by atoms with Gasteiger partial charge >= 0.3 is 0 Å². The molecule has 0 spiro atoms. The van der Waals surface area contributed by atoms with Gasteiger partial charge in [0.2, 0.25) is 0 Å². The highest BCUT2D eigenvalue weighted by atomic mass is 32.1. The smallest absolute Gasteiger partial charge is 0.185 e. The summed E-state index contributed by atoms with van der Waals surface area (Å²) in [5, 5.41) is 14.8. The number of nitrogens with one attached hydrogen (secondary N) is 2. The van der Waals surface area contributed by atoms with E-state index in [0.29, 0.717) is 23.3 Å². The van der Waals surface area contributed by atoms with Gasteiger partial charge in [-0.1, -0.05) is 0 Å². The maximum Gasteiger partial charge on any atom is 0.185 e. The van der Waals surface area contributed by atoms with Crippen LogP contribution in [0.5, 0.6) is 0 Å². The van der Waals surface area contributed by atoms with Gasteiger partial charge in [0.25, 0.3) is 0 Å². The molecule has 0 amide bonds. The average Bonchev–Trinajstić information content (AvgIpc) is 3.45. The van der Waals surface area contributed by atoms with E-state index in [0.717, 1.165) is 31.7 Å². The highest BCUT2D eigenvalue weighted by molar-refractivity contribution is 7.21. The molecule has 2 N–H and O–H groups in total. The SMILES string of the molecule is N#Cc1cnc2sc(-c3ccc(C=O)o3)cc2c1Nc1ccc2[nH]ccc2c1. The Balaban J connectivity index is 1.63. The maximum atomic E-state index is 10.9. The number of hydrogen-bond acceptors (Lipinski definition) is 6. The third kappa shape index (κ3) is 2.64. The monoisotopic (exact) mass is 384 g/mol. The maximum absolute atomic E-state index is 10.9. The number of carbonyl (C=O) groups is 1. The molecule has 7 heteroatoms. The molecule has 0 bridgehead atoms. The van der Waals surface area contributed by atoms with E-state index in [1.165, 1.54) is 11.3 Å². The number of pyridine rings is 1. The minimum Gasteiger partial charge on any atom is -0.452 e. The van der Waals surface area contributed by atoms with E-state index < -0.39 is 0 Å². The number of anilines is 2. The molecule has 0 unspecified atom stereocenters. The van der Waals surface area contributed by atoms with Gasteiger partial charge in [0, 0.05) is 34.4 Å². The van der Waals surface area contributed by atoms with Crippen molar-refractivity contribution in [1.29, 1.82) is 5.26 Å². The number of benzene rings is 1. The number of H-pyrrole nitrogens is 1. The summed E-state index contributed by atoms with van der Waals surface area (Å²) < 4.78 is 5.53. The molecule has 6 nitrogen and oxygen atoms in total. The van der Waals surface area contributed by atoms with Crippen molar-refractivity contribution < 1.29 is 9.21 Å². The van der Waals surface area contributed by atoms with Crippen LogP contribution in [-0.4, -0.2) is 16.3 Å². The molecule has 134 valence electrons. The molecule has 4 heterocycles. The minimum atomic E-state index is 0.274. The summed E-state index contributed by atoms with van der Waals surface area (Å²) in [6, 6.07) is 15.5. The number of rotatable bonds is 4. The zero-order valence-corrected chi connectivity index (χ0v) is 15.2. The Labute approximate surface area is 163 Å². The van der Waals surface area contributed by atoms with Crippen LogP contribution in [0.1, 0.15) is 16.1 Å². The molecule has 4 aromatic heterocycles. The van der Waals surface area contributed by atoms with Crippen molar-refractivity contribution in [3.63, 3.8) is 0 Å². The third-order valence-corrected chi connectivity index (χ3v) is 5.55. The second-order valence-corrected chi connectivity index (χ2v) is 7.24. The van der Waals surface area contributed by atoms with Gasteiger partial charge in [0.1, 0.15) is 16.7 Å². The second kappa shape index (κ2) is 6.37. The fourth-order valence-electron chi connectivity index (χ4n) is 3.15. The Hall–Kier alpha value is -3.89. The van der Waals surface area contributed by atoms with E-state index in [1.54, 1.807) is 18.3 Å². The first-order valence-electron chi connectivity index (χ1n) is 8.47. The van der Waals surface area contributed by atoms with Gasteiger partial charge in [-0.25, -0.2) is 4.98 Å². The average molecular weight is 384 g/mol. The number of thiophene rings is 1. The quantitative estimate of drug-likeness (QED) is 0.401. The first-order valence-corrected chi connectivity index (χ1v) is 9.29. The lowest BCUT2D eigenvalue weighted by molar-refractivity contribution is 0.110. The van der Waals surface area contributed by atoms with Gasteiger partial charge in [-0.3, -0.25) is 4.79 Å². The summed E-state index contributed by atoms with van der Waals surface area (Å²) in [6.07, 6.45) is 4.13. The zero-order chi connectivity index (χ0) is 19.1. The number of aldehydes is 1. The summed E-state index contributed by atoms with van der Waals surface area (Å²) in [7, 11) is 0. The standard InChI is InChI=1S/C21H12N4O2S/c22-9-13-10-24-21-16(8-19(28-21)18-4-2-15(11-26)27-18)20(13)25-14-1-3-17-12(7-14)5-6-23-17/h1-8,10-11,23H,(H,24,25). The molecule has 28 heavy (non-hydrogen) atoms. The van der Waals surface area contributed by atoms with Gasteiger partial charge in [0.05, 0.1) is 16.1 Å². The van der Waals surface area contributed by atoms with E-state index in [4.69, 9.17) is 4.42 Å². The van der Waals surface area contributed by atoms with Crippen LogP contribution in [0.3, 0.4) is 0 Å². The number of carbonyl (C=O) groups excluding carboxylic acids is 1. The highest BCUT2D eigenvalue weighted by Gasteiger charge is 2.15. The van der Waals surface area contributed by atoms with E-state index in [-0.39, 0.29) is 5.76 Å². The second-order valence-electron chi connectivity index (χ2n) is 6.21. The predicted molar refractivity (Wildman–Crippen MR) is 109 cm³/mol. The molecule has 1 aromatic carbocycles. The van der Waals surface area contributed by atoms with Crippen LogP contribution in [0.4, 0.5) is 11.4 Å². The molecule has 0 atom stereocenters. The van der Waals surface area contributed by atoms with Crippen molar-refractivity contribution in [3.05, 3.63) is 66.2 Å². The Bertz CT molecular complexity index is 1390. The topological polar surface area (TPSA) is 94.7 Å². The summed E-state index contributed by atoms with van der Waals surface area (Å²) in [5.74, 6) is 0.875. The van der Waals surface area contributed by atoms with Crippen molar-refractivity contribution in [2.24, 2.45) is 0 Å². The van der Waals surface area contributed by atoms with Crippen LogP contribution in [0.15, 0.2) is 59.3 Å². The normalized spacial score (nSPS) is 11.0. The highest BCUT2D eigenvalue weighted by Crippen LogP contribution is 2.39. The fourth-order valence-corrected chi connectivity index (χ4v) is 4.13. The van der Waals surface area contributed by atoms with Crippen LogP contribution in [0.2, 0.25) is 0 Å². The minimum absolute atomic E-state index is 0.274. The lowest BCUT2D eigenvalue weighted by Crippen LogP contribution is -1.95. The van der Waals surface area contributed by atoms with E-state index in [1.807, 2.05) is 36.5 Å². The Kier molecular flexibility index (Phi) is 3.71. The number of fused-ring (bicyclic) bond motifs is 2. The van der Waals surface area contributed by atoms with Crippen molar-refractivity contribution in [3.8, 4) is 16.7 Å². The van der Waals surface area contributed by atoms with Crippen LogP contribution >= 0.6 is 11.3 Å². The predicted octanol–water partition coefficient (Wildman–Crippen LogP) is 5.47. The van der Waals surface area contributed by atoms with Crippen molar-refractivity contribution in [2.75, 3.05) is 5.32 Å². The molecule has 0 radical (unpaired) electrons. The molecule has 0 saturated carbocycles. The van der Waals surface area contributed by atoms with Crippen LogP contribution in [-0.2, 0) is 0 Å². The Morgan fingerprint density at radius 1 is 1.21 bits per heavy atom. The number of nitrogens with zero attached hydrogens (tertiary/aromatic N) is 2. The molecule has 0 aliphatic carbocycles. The number of aromatic amines is 1. The summed E-state index contributed by atoms with van der Waals surface area (Å²) >= 11 is 1.45. The number of nitriles is 1. The lowest BCUT2D eigenvalue weighted by atomic mass is 10.1. The molecule has 0 saturated heterocycles. The van der Waals surface area contributed by atoms with Gasteiger partial charge < -0.3 is 14.7 Å². The molecular formula is C21H12N4O2S. The van der Waals surface area contributed by atoms with Gasteiger partial charge in [-0.2, -0.15) is 5.26 Å². The first kappa shape index (κ1) is 16.3. The van der Waals surface area contributed by atoms with Crippen LogP contribution in [0.25, 0.3) is 31.8 Å². The molecule has 0 aliphatic heterocycles. The fraction of sp³-hybridized carbons (Fsp3) is 0. The van der Waals surface area contributed by atoms with Crippen molar-refractivity contribution in [2.45, 2.75) is 0 Å². The third-order valence-electron chi connectivity index (χ3n) is 4.49. The van der Waals surface area contributed by atoms with Crippen LogP contribution in [0, 0.1) is 11.3 Å². The van der Waals surface area contributed by atoms with Gasteiger partial charge in [-0.05, 0) is 42.5 Å². The van der Waals surface area contributed by atoms with Crippen LogP contribution < -0.4 is 5.32 Å². The lowest BCUT2D eigenvalue weighted by Gasteiger charge is -2.09.